The summed E-state index contributed by atoms with van der Waals surface area (Å²) in [5, 5.41) is 4.81. The largest absolute Gasteiger partial charge is 0.373 e. The predicted molar refractivity (Wildman–Crippen MR) is 81.8 cm³/mol. The fourth-order valence-electron chi connectivity index (χ4n) is 2.86. The highest BCUT2D eigenvalue weighted by molar-refractivity contribution is 5.79. The molecule has 2 heterocycles. The summed E-state index contributed by atoms with van der Waals surface area (Å²) in [7, 11) is 0. The van der Waals surface area contributed by atoms with Gasteiger partial charge in [0.2, 0.25) is 0 Å². The second-order valence-electron chi connectivity index (χ2n) is 5.49. The van der Waals surface area contributed by atoms with Crippen LogP contribution in [0.4, 0.5) is 0 Å². The number of hydrogen-bond donors (Lipinski definition) is 1. The molecule has 0 radical (unpaired) electrons. The molecule has 1 aromatic carbocycles. The zero-order valence-corrected chi connectivity index (χ0v) is 12.0. The number of nitrogens with one attached hydrogen (secondary N) is 1. The van der Waals surface area contributed by atoms with Gasteiger partial charge in [0.15, 0.2) is 0 Å². The van der Waals surface area contributed by atoms with E-state index in [1.165, 1.54) is 17.4 Å². The Morgan fingerprint density at radius 3 is 3.20 bits per heavy atom. The molecule has 1 fully saturated rings. The molecular weight excluding hydrogens is 248 g/mol. The van der Waals surface area contributed by atoms with Gasteiger partial charge in [0, 0.05) is 24.2 Å². The normalized spacial score (nSPS) is 23.1. The summed E-state index contributed by atoms with van der Waals surface area (Å²) in [6, 6.07) is 11.1. The average Bonchev–Trinajstić information content (AvgIpc) is 2.53. The van der Waals surface area contributed by atoms with E-state index in [9.17, 15) is 0 Å². The molecule has 0 saturated carbocycles. The molecule has 0 amide bonds. The maximum Gasteiger partial charge on any atom is 0.0840 e. The molecule has 106 valence electrons. The van der Waals surface area contributed by atoms with Crippen LogP contribution in [0.3, 0.4) is 0 Å². The van der Waals surface area contributed by atoms with Gasteiger partial charge in [0.25, 0.3) is 0 Å². The van der Waals surface area contributed by atoms with E-state index in [1.54, 1.807) is 0 Å². The van der Waals surface area contributed by atoms with Crippen LogP contribution in [0.1, 0.15) is 37.9 Å². The molecule has 1 aromatic heterocycles. The van der Waals surface area contributed by atoms with Crippen LogP contribution in [0, 0.1) is 0 Å². The topological polar surface area (TPSA) is 34.1 Å². The van der Waals surface area contributed by atoms with Crippen molar-refractivity contribution in [2.45, 2.75) is 38.3 Å². The van der Waals surface area contributed by atoms with Crippen molar-refractivity contribution < 1.29 is 4.74 Å². The molecule has 3 rings (SSSR count). The highest BCUT2D eigenvalue weighted by Crippen LogP contribution is 2.29. The Morgan fingerprint density at radius 1 is 1.35 bits per heavy atom. The number of ether oxygens (including phenoxy) is 1. The Labute approximate surface area is 120 Å². The quantitative estimate of drug-likeness (QED) is 0.924. The first kappa shape index (κ1) is 13.5. The van der Waals surface area contributed by atoms with Gasteiger partial charge in [0.1, 0.15) is 0 Å². The van der Waals surface area contributed by atoms with Gasteiger partial charge < -0.3 is 10.1 Å². The standard InChI is InChI=1S/C17H22N2O/c1-2-8-18-15-7-10-20-17(12-15)14-5-6-16-13(11-14)4-3-9-19-16/h3-6,9,11,15,17-18H,2,7-8,10,12H2,1H3. The SMILES string of the molecule is CCCNC1CCOC(c2ccc3ncccc3c2)C1. The van der Waals surface area contributed by atoms with E-state index in [2.05, 4.69) is 41.5 Å². The first-order chi connectivity index (χ1) is 9.86. The molecule has 2 unspecified atom stereocenters. The lowest BCUT2D eigenvalue weighted by Crippen LogP contribution is -2.36. The van der Waals surface area contributed by atoms with Gasteiger partial charge >= 0.3 is 0 Å². The third kappa shape index (κ3) is 3.00. The molecule has 20 heavy (non-hydrogen) atoms. The van der Waals surface area contributed by atoms with E-state index in [1.807, 2.05) is 12.3 Å². The Morgan fingerprint density at radius 2 is 2.30 bits per heavy atom. The Balaban J connectivity index is 1.76. The highest BCUT2D eigenvalue weighted by atomic mass is 16.5. The van der Waals surface area contributed by atoms with E-state index in [-0.39, 0.29) is 6.10 Å². The number of rotatable bonds is 4. The van der Waals surface area contributed by atoms with Crippen molar-refractivity contribution in [2.24, 2.45) is 0 Å². The van der Waals surface area contributed by atoms with Gasteiger partial charge in [-0.15, -0.1) is 0 Å². The molecule has 2 aromatic rings. The van der Waals surface area contributed by atoms with Crippen molar-refractivity contribution in [2.75, 3.05) is 13.2 Å². The minimum Gasteiger partial charge on any atom is -0.373 e. The summed E-state index contributed by atoms with van der Waals surface area (Å²) in [5.74, 6) is 0. The van der Waals surface area contributed by atoms with Crippen molar-refractivity contribution in [3.05, 3.63) is 42.1 Å². The van der Waals surface area contributed by atoms with Crippen LogP contribution in [0.5, 0.6) is 0 Å². The van der Waals surface area contributed by atoms with Crippen LogP contribution >= 0.6 is 0 Å². The molecule has 0 spiro atoms. The Kier molecular flexibility index (Phi) is 4.28. The van der Waals surface area contributed by atoms with Crippen LogP contribution < -0.4 is 5.32 Å². The van der Waals surface area contributed by atoms with Gasteiger partial charge in [-0.25, -0.2) is 0 Å². The summed E-state index contributed by atoms with van der Waals surface area (Å²) in [5.41, 5.74) is 2.32. The summed E-state index contributed by atoms with van der Waals surface area (Å²) in [6.07, 6.45) is 5.41. The molecular formula is C17H22N2O. The molecule has 1 aliphatic heterocycles. The zero-order chi connectivity index (χ0) is 13.8. The first-order valence-corrected chi connectivity index (χ1v) is 7.56. The smallest absolute Gasteiger partial charge is 0.0840 e. The number of nitrogens with zero attached hydrogens (tertiary/aromatic N) is 1. The van der Waals surface area contributed by atoms with E-state index in [0.29, 0.717) is 6.04 Å². The maximum atomic E-state index is 5.96. The number of hydrogen-bond acceptors (Lipinski definition) is 3. The van der Waals surface area contributed by atoms with Crippen LogP contribution in [0.25, 0.3) is 10.9 Å². The van der Waals surface area contributed by atoms with Crippen molar-refractivity contribution in [3.8, 4) is 0 Å². The fraction of sp³-hybridized carbons (Fsp3) is 0.471. The van der Waals surface area contributed by atoms with Crippen molar-refractivity contribution in [1.82, 2.24) is 10.3 Å². The van der Waals surface area contributed by atoms with Gasteiger partial charge in [-0.3, -0.25) is 4.98 Å². The minimum atomic E-state index is 0.211. The van der Waals surface area contributed by atoms with Crippen molar-refractivity contribution >= 4 is 10.9 Å². The summed E-state index contributed by atoms with van der Waals surface area (Å²) < 4.78 is 5.96. The molecule has 0 bridgehead atoms. The maximum absolute atomic E-state index is 5.96. The monoisotopic (exact) mass is 270 g/mol. The molecule has 3 nitrogen and oxygen atoms in total. The molecule has 2 atom stereocenters. The lowest BCUT2D eigenvalue weighted by molar-refractivity contribution is 0.000428. The number of pyridine rings is 1. The van der Waals surface area contributed by atoms with Gasteiger partial charge in [0.05, 0.1) is 11.6 Å². The van der Waals surface area contributed by atoms with Gasteiger partial charge in [-0.2, -0.15) is 0 Å². The number of fused-ring (bicyclic) bond motifs is 1. The fourth-order valence-corrected chi connectivity index (χ4v) is 2.86. The average molecular weight is 270 g/mol. The third-order valence-electron chi connectivity index (χ3n) is 3.97. The van der Waals surface area contributed by atoms with Crippen LogP contribution in [-0.4, -0.2) is 24.2 Å². The van der Waals surface area contributed by atoms with Gasteiger partial charge in [-0.05, 0) is 49.6 Å². The predicted octanol–water partition coefficient (Wildman–Crippen LogP) is 3.45. The van der Waals surface area contributed by atoms with Crippen LogP contribution in [-0.2, 0) is 4.74 Å². The second-order valence-corrected chi connectivity index (χ2v) is 5.49. The Bertz CT molecular complexity index is 570. The minimum absolute atomic E-state index is 0.211. The lowest BCUT2D eigenvalue weighted by atomic mass is 9.96. The summed E-state index contributed by atoms with van der Waals surface area (Å²) in [4.78, 5) is 4.37. The van der Waals surface area contributed by atoms with E-state index < -0.39 is 0 Å². The lowest BCUT2D eigenvalue weighted by Gasteiger charge is -2.30. The van der Waals surface area contributed by atoms with Crippen molar-refractivity contribution in [1.29, 1.82) is 0 Å². The highest BCUT2D eigenvalue weighted by Gasteiger charge is 2.23. The zero-order valence-electron chi connectivity index (χ0n) is 12.0. The van der Waals surface area contributed by atoms with E-state index in [4.69, 9.17) is 4.74 Å². The van der Waals surface area contributed by atoms with Gasteiger partial charge in [-0.1, -0.05) is 19.1 Å². The van der Waals surface area contributed by atoms with Crippen LogP contribution in [0.15, 0.2) is 36.5 Å². The summed E-state index contributed by atoms with van der Waals surface area (Å²) in [6.45, 7) is 4.15. The molecule has 1 aliphatic rings. The first-order valence-electron chi connectivity index (χ1n) is 7.56. The third-order valence-corrected chi connectivity index (χ3v) is 3.97. The van der Waals surface area contributed by atoms with Crippen LogP contribution in [0.2, 0.25) is 0 Å². The molecule has 1 saturated heterocycles. The number of benzene rings is 1. The summed E-state index contributed by atoms with van der Waals surface area (Å²) >= 11 is 0. The second kappa shape index (κ2) is 6.33. The van der Waals surface area contributed by atoms with E-state index >= 15 is 0 Å². The molecule has 3 heteroatoms. The number of aromatic nitrogens is 1. The Hall–Kier alpha value is -1.45. The molecule has 1 N–H and O–H groups in total. The van der Waals surface area contributed by atoms with Crippen molar-refractivity contribution in [3.63, 3.8) is 0 Å². The van der Waals surface area contributed by atoms with E-state index in [0.717, 1.165) is 31.5 Å². The molecule has 0 aliphatic carbocycles.